The van der Waals surface area contributed by atoms with E-state index in [0.717, 1.165) is 0 Å². The van der Waals surface area contributed by atoms with Crippen LogP contribution in [0.1, 0.15) is 56.0 Å². The number of halogens is 1. The summed E-state index contributed by atoms with van der Waals surface area (Å²) in [6.45, 7) is 3.88. The van der Waals surface area contributed by atoms with Crippen molar-refractivity contribution in [1.82, 2.24) is 5.32 Å². The summed E-state index contributed by atoms with van der Waals surface area (Å²) in [5.41, 5.74) is 0.579. The number of hydrogen-bond donors (Lipinski definition) is 1. The van der Waals surface area contributed by atoms with Crippen molar-refractivity contribution in [1.29, 1.82) is 0 Å². The van der Waals surface area contributed by atoms with Gasteiger partial charge in [0, 0.05) is 23.2 Å². The van der Waals surface area contributed by atoms with Crippen molar-refractivity contribution < 1.29 is 23.9 Å². The predicted octanol–water partition coefficient (Wildman–Crippen LogP) is 3.04. The number of ketones is 2. The van der Waals surface area contributed by atoms with Gasteiger partial charge < -0.3 is 10.1 Å². The fourth-order valence-corrected chi connectivity index (χ4v) is 3.21. The van der Waals surface area contributed by atoms with E-state index in [0.29, 0.717) is 12.1 Å². The number of nitrogens with one attached hydrogen (secondary N) is 1. The highest BCUT2D eigenvalue weighted by molar-refractivity contribution is 6.41. The van der Waals surface area contributed by atoms with Gasteiger partial charge >= 0.3 is 5.97 Å². The molecule has 2 aromatic rings. The Hall–Kier alpha value is -2.99. The summed E-state index contributed by atoms with van der Waals surface area (Å²) in [5.74, 6) is -1.77. The molecule has 0 radical (unpaired) electrons. The average Bonchev–Trinajstić information content (AvgIpc) is 2.68. The van der Waals surface area contributed by atoms with E-state index in [1.807, 2.05) is 13.8 Å². The quantitative estimate of drug-likeness (QED) is 0.666. The van der Waals surface area contributed by atoms with Crippen molar-refractivity contribution in [3.63, 3.8) is 0 Å². The Bertz CT molecular complexity index is 996. The van der Waals surface area contributed by atoms with Crippen molar-refractivity contribution in [3.05, 3.63) is 69.2 Å². The van der Waals surface area contributed by atoms with Crippen molar-refractivity contribution in [3.8, 4) is 0 Å². The van der Waals surface area contributed by atoms with Crippen LogP contribution in [0, 0.1) is 5.92 Å². The summed E-state index contributed by atoms with van der Waals surface area (Å²) in [7, 11) is 0. The van der Waals surface area contributed by atoms with Gasteiger partial charge in [0.2, 0.25) is 0 Å². The minimum Gasteiger partial charge on any atom is -0.452 e. The first-order valence-corrected chi connectivity index (χ1v) is 9.13. The summed E-state index contributed by atoms with van der Waals surface area (Å²) >= 11 is 6.29. The Kier molecular flexibility index (Phi) is 5.61. The Labute approximate surface area is 166 Å². The van der Waals surface area contributed by atoms with Crippen molar-refractivity contribution >= 4 is 35.0 Å². The lowest BCUT2D eigenvalue weighted by Crippen LogP contribution is -2.31. The third-order valence-electron chi connectivity index (χ3n) is 4.29. The van der Waals surface area contributed by atoms with Crippen LogP contribution in [0.25, 0.3) is 0 Å². The van der Waals surface area contributed by atoms with Gasteiger partial charge in [-0.05, 0) is 18.1 Å². The molecule has 144 valence electrons. The molecule has 0 bridgehead atoms. The number of benzene rings is 2. The Morgan fingerprint density at radius 1 is 1.00 bits per heavy atom. The summed E-state index contributed by atoms with van der Waals surface area (Å²) in [4.78, 5) is 49.5. The lowest BCUT2D eigenvalue weighted by molar-refractivity contribution is -0.124. The second kappa shape index (κ2) is 7.94. The molecule has 1 aliphatic rings. The number of fused-ring (bicyclic) bond motifs is 2. The molecule has 0 saturated carbocycles. The number of ether oxygens (including phenoxy) is 1. The first-order valence-electron chi connectivity index (χ1n) is 8.76. The van der Waals surface area contributed by atoms with Gasteiger partial charge in [-0.15, -0.1) is 0 Å². The van der Waals surface area contributed by atoms with Crippen LogP contribution in [0.5, 0.6) is 0 Å². The molecule has 0 unspecified atom stereocenters. The number of hydrogen-bond acceptors (Lipinski definition) is 5. The fraction of sp³-hybridized carbons (Fsp3) is 0.238. The van der Waals surface area contributed by atoms with E-state index in [2.05, 4.69) is 5.32 Å². The summed E-state index contributed by atoms with van der Waals surface area (Å²) in [6.07, 6.45) is 0. The van der Waals surface area contributed by atoms with Gasteiger partial charge in [-0.3, -0.25) is 14.4 Å². The standard InChI is InChI=1S/C21H18ClNO5/c1-11(2)9-23-16(24)10-28-21(27)15-8-7-14-17(18(15)22)20(26)13-6-4-3-5-12(13)19(14)25/h3-8,11H,9-10H2,1-2H3,(H,23,24). The van der Waals surface area contributed by atoms with Gasteiger partial charge in [-0.1, -0.05) is 49.7 Å². The van der Waals surface area contributed by atoms with Crippen molar-refractivity contribution in [2.45, 2.75) is 13.8 Å². The van der Waals surface area contributed by atoms with Crippen molar-refractivity contribution in [2.24, 2.45) is 5.92 Å². The van der Waals surface area contributed by atoms with E-state index in [9.17, 15) is 19.2 Å². The molecule has 28 heavy (non-hydrogen) atoms. The summed E-state index contributed by atoms with van der Waals surface area (Å²) < 4.78 is 4.99. The highest BCUT2D eigenvalue weighted by Gasteiger charge is 2.33. The molecule has 0 heterocycles. The van der Waals surface area contributed by atoms with E-state index < -0.39 is 24.3 Å². The van der Waals surface area contributed by atoms with Gasteiger partial charge in [-0.2, -0.15) is 0 Å². The molecule has 1 amide bonds. The second-order valence-corrected chi connectivity index (χ2v) is 7.21. The first kappa shape index (κ1) is 19.8. The van der Waals surface area contributed by atoms with E-state index in [-0.39, 0.29) is 39.0 Å². The van der Waals surface area contributed by atoms with Crippen LogP contribution in [-0.4, -0.2) is 36.6 Å². The van der Waals surface area contributed by atoms with E-state index in [1.54, 1.807) is 24.3 Å². The summed E-state index contributed by atoms with van der Waals surface area (Å²) in [5, 5.41) is 2.47. The predicted molar refractivity (Wildman–Crippen MR) is 103 cm³/mol. The molecular weight excluding hydrogens is 382 g/mol. The molecule has 1 N–H and O–H groups in total. The molecule has 0 fully saturated rings. The third-order valence-corrected chi connectivity index (χ3v) is 4.68. The number of rotatable bonds is 5. The minimum atomic E-state index is -0.841. The van der Waals surface area contributed by atoms with Crippen LogP contribution in [0.15, 0.2) is 36.4 Å². The second-order valence-electron chi connectivity index (χ2n) is 6.83. The van der Waals surface area contributed by atoms with Crippen LogP contribution in [0.3, 0.4) is 0 Å². The molecule has 0 aromatic heterocycles. The molecule has 0 saturated heterocycles. The summed E-state index contributed by atoms with van der Waals surface area (Å²) in [6, 6.07) is 9.15. The molecule has 2 aromatic carbocycles. The lowest BCUT2D eigenvalue weighted by Gasteiger charge is -2.19. The van der Waals surface area contributed by atoms with Crippen LogP contribution in [0.2, 0.25) is 5.02 Å². The van der Waals surface area contributed by atoms with Gasteiger partial charge in [0.05, 0.1) is 16.1 Å². The Morgan fingerprint density at radius 2 is 1.64 bits per heavy atom. The zero-order valence-electron chi connectivity index (χ0n) is 15.4. The maximum Gasteiger partial charge on any atom is 0.340 e. The zero-order valence-corrected chi connectivity index (χ0v) is 16.1. The first-order chi connectivity index (χ1) is 13.3. The number of amides is 1. The zero-order chi connectivity index (χ0) is 20.4. The van der Waals surface area contributed by atoms with Crippen LogP contribution in [-0.2, 0) is 9.53 Å². The van der Waals surface area contributed by atoms with Gasteiger partial charge in [0.1, 0.15) is 0 Å². The Balaban J connectivity index is 1.84. The molecule has 0 aliphatic heterocycles. The van der Waals surface area contributed by atoms with Gasteiger partial charge in [-0.25, -0.2) is 4.79 Å². The van der Waals surface area contributed by atoms with E-state index in [1.165, 1.54) is 12.1 Å². The maximum absolute atomic E-state index is 12.8. The fourth-order valence-electron chi connectivity index (χ4n) is 2.88. The molecule has 7 heteroatoms. The van der Waals surface area contributed by atoms with Crippen LogP contribution < -0.4 is 5.32 Å². The SMILES string of the molecule is CC(C)CNC(=O)COC(=O)c1ccc2c(c1Cl)C(=O)c1ccccc1C2=O. The average molecular weight is 400 g/mol. The molecule has 0 atom stereocenters. The minimum absolute atomic E-state index is 0.0240. The molecule has 1 aliphatic carbocycles. The Morgan fingerprint density at radius 3 is 2.29 bits per heavy atom. The van der Waals surface area contributed by atoms with Crippen LogP contribution in [0.4, 0.5) is 0 Å². The highest BCUT2D eigenvalue weighted by Crippen LogP contribution is 2.34. The monoisotopic (exact) mass is 399 g/mol. The van der Waals surface area contributed by atoms with Crippen LogP contribution >= 0.6 is 11.6 Å². The lowest BCUT2D eigenvalue weighted by atomic mass is 9.83. The van der Waals surface area contributed by atoms with Crippen molar-refractivity contribution in [2.75, 3.05) is 13.2 Å². The number of carbonyl (C=O) groups is 4. The molecule has 0 spiro atoms. The number of esters is 1. The number of carbonyl (C=O) groups excluding carboxylic acids is 4. The third kappa shape index (κ3) is 3.68. The largest absolute Gasteiger partial charge is 0.452 e. The van der Waals surface area contributed by atoms with Gasteiger partial charge in [0.15, 0.2) is 18.2 Å². The van der Waals surface area contributed by atoms with E-state index in [4.69, 9.17) is 16.3 Å². The molecule has 3 rings (SSSR count). The maximum atomic E-state index is 12.8. The molecular formula is C21H18ClNO5. The van der Waals surface area contributed by atoms with Gasteiger partial charge in [0.25, 0.3) is 5.91 Å². The smallest absolute Gasteiger partial charge is 0.340 e. The highest BCUT2D eigenvalue weighted by atomic mass is 35.5. The van der Waals surface area contributed by atoms with E-state index >= 15 is 0 Å². The topological polar surface area (TPSA) is 89.5 Å². The normalized spacial score (nSPS) is 12.4. The molecule has 6 nitrogen and oxygen atoms in total.